The van der Waals surface area contributed by atoms with Crippen LogP contribution in [0.4, 0.5) is 0 Å². The Labute approximate surface area is 73.4 Å². The summed E-state index contributed by atoms with van der Waals surface area (Å²) in [5.74, 6) is 0. The molecule has 1 heteroatoms. The Morgan fingerprint density at radius 1 is 1.58 bits per heavy atom. The summed E-state index contributed by atoms with van der Waals surface area (Å²) in [6.45, 7) is 5.64. The van der Waals surface area contributed by atoms with E-state index >= 15 is 0 Å². The molecule has 0 radical (unpaired) electrons. The monoisotopic (exact) mass is 162 g/mol. The van der Waals surface area contributed by atoms with Crippen molar-refractivity contribution in [2.24, 2.45) is 0 Å². The molecule has 0 fully saturated rings. The average molecular weight is 162 g/mol. The van der Waals surface area contributed by atoms with Crippen LogP contribution < -0.4 is 0 Å². The smallest absolute Gasteiger partial charge is 0.0787 e. The zero-order chi connectivity index (χ0) is 8.97. The summed E-state index contributed by atoms with van der Waals surface area (Å²) in [5.41, 5.74) is 2.02. The van der Waals surface area contributed by atoms with Gasteiger partial charge in [0.05, 0.1) is 6.10 Å². The summed E-state index contributed by atoms with van der Waals surface area (Å²) < 4.78 is 0. The molecule has 1 aromatic rings. The Kier molecular flexibility index (Phi) is 3.06. The van der Waals surface area contributed by atoms with Crippen molar-refractivity contribution in [1.29, 1.82) is 0 Å². The Morgan fingerprint density at radius 3 is 2.92 bits per heavy atom. The van der Waals surface area contributed by atoms with Crippen LogP contribution in [-0.4, -0.2) is 5.11 Å². The molecule has 0 aliphatic heterocycles. The van der Waals surface area contributed by atoms with Crippen LogP contribution in [0.5, 0.6) is 0 Å². The van der Waals surface area contributed by atoms with E-state index in [-0.39, 0.29) is 6.10 Å². The minimum Gasteiger partial charge on any atom is -0.388 e. The highest BCUT2D eigenvalue weighted by atomic mass is 16.3. The summed E-state index contributed by atoms with van der Waals surface area (Å²) in [5, 5.41) is 9.51. The standard InChI is InChI=1S/C11H14O/c1-3-9-6-5-7-10(8-9)11(12)4-2/h3,5-8,11-12H,1,4H2,2H3. The fraction of sp³-hybridized carbons (Fsp3) is 0.273. The molecule has 0 aromatic heterocycles. The molecule has 0 heterocycles. The quantitative estimate of drug-likeness (QED) is 0.724. The van der Waals surface area contributed by atoms with Crippen molar-refractivity contribution in [3.8, 4) is 0 Å². The van der Waals surface area contributed by atoms with E-state index in [1.165, 1.54) is 0 Å². The van der Waals surface area contributed by atoms with E-state index in [2.05, 4.69) is 6.58 Å². The first kappa shape index (κ1) is 9.01. The van der Waals surface area contributed by atoms with Crippen LogP contribution in [0.2, 0.25) is 0 Å². The molecule has 0 amide bonds. The van der Waals surface area contributed by atoms with Crippen molar-refractivity contribution < 1.29 is 5.11 Å². The van der Waals surface area contributed by atoms with Crippen molar-refractivity contribution >= 4 is 6.08 Å². The molecule has 0 aliphatic carbocycles. The number of benzene rings is 1. The fourth-order valence-electron chi connectivity index (χ4n) is 1.13. The Morgan fingerprint density at radius 2 is 2.33 bits per heavy atom. The predicted octanol–water partition coefficient (Wildman–Crippen LogP) is 2.77. The van der Waals surface area contributed by atoms with E-state index in [0.29, 0.717) is 0 Å². The lowest BCUT2D eigenvalue weighted by Gasteiger charge is -2.07. The van der Waals surface area contributed by atoms with Crippen LogP contribution in [0.25, 0.3) is 6.08 Å². The van der Waals surface area contributed by atoms with E-state index in [1.54, 1.807) is 6.08 Å². The highest BCUT2D eigenvalue weighted by molar-refractivity contribution is 5.48. The summed E-state index contributed by atoms with van der Waals surface area (Å²) in [7, 11) is 0. The first-order valence-electron chi connectivity index (χ1n) is 4.18. The number of hydrogen-bond acceptors (Lipinski definition) is 1. The van der Waals surface area contributed by atoms with Gasteiger partial charge in [0.15, 0.2) is 0 Å². The SMILES string of the molecule is C=Cc1cccc(C(O)CC)c1. The van der Waals surface area contributed by atoms with Gasteiger partial charge in [0.25, 0.3) is 0 Å². The zero-order valence-corrected chi connectivity index (χ0v) is 7.33. The van der Waals surface area contributed by atoms with Gasteiger partial charge in [-0.05, 0) is 23.6 Å². The molecular weight excluding hydrogens is 148 g/mol. The summed E-state index contributed by atoms with van der Waals surface area (Å²) in [6.07, 6.45) is 2.19. The van der Waals surface area contributed by atoms with Gasteiger partial charge in [-0.2, -0.15) is 0 Å². The number of aliphatic hydroxyl groups is 1. The van der Waals surface area contributed by atoms with E-state index in [0.717, 1.165) is 17.5 Å². The topological polar surface area (TPSA) is 20.2 Å². The normalized spacial score (nSPS) is 12.5. The molecule has 12 heavy (non-hydrogen) atoms. The van der Waals surface area contributed by atoms with E-state index in [9.17, 15) is 5.11 Å². The van der Waals surface area contributed by atoms with Gasteiger partial charge in [0, 0.05) is 0 Å². The molecule has 1 N–H and O–H groups in total. The van der Waals surface area contributed by atoms with Gasteiger partial charge in [0.1, 0.15) is 0 Å². The fourth-order valence-corrected chi connectivity index (χ4v) is 1.13. The molecule has 1 nitrogen and oxygen atoms in total. The first-order valence-corrected chi connectivity index (χ1v) is 4.18. The van der Waals surface area contributed by atoms with Gasteiger partial charge >= 0.3 is 0 Å². The second-order valence-electron chi connectivity index (χ2n) is 2.80. The lowest BCUT2D eigenvalue weighted by atomic mass is 10.0. The second-order valence-corrected chi connectivity index (χ2v) is 2.80. The van der Waals surface area contributed by atoms with Crippen molar-refractivity contribution in [2.45, 2.75) is 19.4 Å². The molecule has 1 unspecified atom stereocenters. The van der Waals surface area contributed by atoms with Gasteiger partial charge in [-0.3, -0.25) is 0 Å². The van der Waals surface area contributed by atoms with Crippen LogP contribution in [0.15, 0.2) is 30.8 Å². The largest absolute Gasteiger partial charge is 0.388 e. The predicted molar refractivity (Wildman–Crippen MR) is 51.8 cm³/mol. The molecule has 0 saturated heterocycles. The molecular formula is C11H14O. The van der Waals surface area contributed by atoms with Crippen LogP contribution in [0.1, 0.15) is 30.6 Å². The maximum atomic E-state index is 9.51. The van der Waals surface area contributed by atoms with Crippen LogP contribution in [-0.2, 0) is 0 Å². The van der Waals surface area contributed by atoms with Gasteiger partial charge in [-0.1, -0.05) is 37.8 Å². The number of aliphatic hydroxyl groups excluding tert-OH is 1. The maximum absolute atomic E-state index is 9.51. The lowest BCUT2D eigenvalue weighted by Crippen LogP contribution is -1.94. The summed E-state index contributed by atoms with van der Waals surface area (Å²) in [6, 6.07) is 7.80. The number of rotatable bonds is 3. The van der Waals surface area contributed by atoms with Gasteiger partial charge in [-0.15, -0.1) is 0 Å². The van der Waals surface area contributed by atoms with Crippen molar-refractivity contribution in [3.63, 3.8) is 0 Å². The maximum Gasteiger partial charge on any atom is 0.0787 e. The zero-order valence-electron chi connectivity index (χ0n) is 7.33. The van der Waals surface area contributed by atoms with Gasteiger partial charge in [0.2, 0.25) is 0 Å². The van der Waals surface area contributed by atoms with Crippen molar-refractivity contribution in [1.82, 2.24) is 0 Å². The Hall–Kier alpha value is -1.08. The third-order valence-corrected chi connectivity index (χ3v) is 1.92. The third-order valence-electron chi connectivity index (χ3n) is 1.92. The van der Waals surface area contributed by atoms with Crippen LogP contribution in [0, 0.1) is 0 Å². The minimum absolute atomic E-state index is 0.343. The van der Waals surface area contributed by atoms with E-state index < -0.39 is 0 Å². The summed E-state index contributed by atoms with van der Waals surface area (Å²) >= 11 is 0. The molecule has 1 rings (SSSR count). The third kappa shape index (κ3) is 1.95. The number of hydrogen-bond donors (Lipinski definition) is 1. The van der Waals surface area contributed by atoms with Gasteiger partial charge in [-0.25, -0.2) is 0 Å². The highest BCUT2D eigenvalue weighted by Gasteiger charge is 2.03. The van der Waals surface area contributed by atoms with Gasteiger partial charge < -0.3 is 5.11 Å². The Balaban J connectivity index is 2.93. The molecule has 1 aromatic carbocycles. The average Bonchev–Trinajstić information content (AvgIpc) is 2.17. The second kappa shape index (κ2) is 4.07. The molecule has 1 atom stereocenters. The van der Waals surface area contributed by atoms with Crippen LogP contribution >= 0.6 is 0 Å². The molecule has 0 spiro atoms. The first-order chi connectivity index (χ1) is 5.77. The van der Waals surface area contributed by atoms with Crippen molar-refractivity contribution in [2.75, 3.05) is 0 Å². The molecule has 64 valence electrons. The van der Waals surface area contributed by atoms with E-state index in [1.807, 2.05) is 31.2 Å². The molecule has 0 aliphatic rings. The minimum atomic E-state index is -0.343. The molecule has 0 bridgehead atoms. The van der Waals surface area contributed by atoms with E-state index in [4.69, 9.17) is 0 Å². The van der Waals surface area contributed by atoms with Crippen LogP contribution in [0.3, 0.4) is 0 Å². The Bertz CT molecular complexity index is 265. The molecule has 0 saturated carbocycles. The highest BCUT2D eigenvalue weighted by Crippen LogP contribution is 2.17. The van der Waals surface area contributed by atoms with Crippen molar-refractivity contribution in [3.05, 3.63) is 42.0 Å². The summed E-state index contributed by atoms with van der Waals surface area (Å²) in [4.78, 5) is 0. The lowest BCUT2D eigenvalue weighted by molar-refractivity contribution is 0.173.